The van der Waals surface area contributed by atoms with E-state index in [1.807, 2.05) is 0 Å². The van der Waals surface area contributed by atoms with Gasteiger partial charge in [-0.1, -0.05) is 0 Å². The van der Waals surface area contributed by atoms with E-state index < -0.39 is 0 Å². The van der Waals surface area contributed by atoms with Gasteiger partial charge in [0.1, 0.15) is 11.6 Å². The minimum atomic E-state index is -0.0165. The zero-order valence-electron chi connectivity index (χ0n) is 6.79. The first kappa shape index (κ1) is 7.34. The summed E-state index contributed by atoms with van der Waals surface area (Å²) >= 11 is 0. The van der Waals surface area contributed by atoms with Crippen LogP contribution in [0.5, 0.6) is 0 Å². The Morgan fingerprint density at radius 3 is 3.17 bits per heavy atom. The second-order valence-corrected chi connectivity index (χ2v) is 3.04. The van der Waals surface area contributed by atoms with Gasteiger partial charge in [0.25, 0.3) is 5.56 Å². The Balaban J connectivity index is 2.60. The van der Waals surface area contributed by atoms with Gasteiger partial charge in [-0.05, 0) is 12.8 Å². The van der Waals surface area contributed by atoms with Gasteiger partial charge < -0.3 is 5.73 Å². The number of aryl methyl sites for hydroxylation is 1. The highest BCUT2D eigenvalue weighted by molar-refractivity contribution is 5.26. The third-order valence-corrected chi connectivity index (χ3v) is 2.14. The van der Waals surface area contributed by atoms with Crippen molar-refractivity contribution in [2.75, 3.05) is 5.73 Å². The second kappa shape index (κ2) is 2.62. The molecular formula is C8H11N3O. The molecule has 0 amide bonds. The van der Waals surface area contributed by atoms with Crippen LogP contribution in [0.2, 0.25) is 0 Å². The molecule has 0 saturated heterocycles. The van der Waals surface area contributed by atoms with Gasteiger partial charge in [0.2, 0.25) is 0 Å². The number of rotatable bonds is 0. The van der Waals surface area contributed by atoms with Crippen LogP contribution >= 0.6 is 0 Å². The lowest BCUT2D eigenvalue weighted by Gasteiger charge is -2.16. The largest absolute Gasteiger partial charge is 0.383 e. The summed E-state index contributed by atoms with van der Waals surface area (Å²) in [6.07, 6.45) is 3.05. The van der Waals surface area contributed by atoms with Crippen LogP contribution in [-0.2, 0) is 13.0 Å². The molecule has 1 aromatic heterocycles. The lowest BCUT2D eigenvalue weighted by molar-refractivity contribution is 0.497. The number of nitrogen functional groups attached to an aromatic ring is 1. The van der Waals surface area contributed by atoms with Crippen molar-refractivity contribution in [1.29, 1.82) is 0 Å². The Bertz CT molecular complexity index is 356. The standard InChI is InChI=1S/C8H11N3O/c9-6-5-8(12)11-4-2-1-3-7(11)10-6/h5H,1-4,9H2. The molecular weight excluding hydrogens is 154 g/mol. The molecule has 0 radical (unpaired) electrons. The van der Waals surface area contributed by atoms with Gasteiger partial charge in [-0.3, -0.25) is 9.36 Å². The van der Waals surface area contributed by atoms with Gasteiger partial charge in [-0.25, -0.2) is 4.98 Å². The van der Waals surface area contributed by atoms with Crippen molar-refractivity contribution in [2.24, 2.45) is 0 Å². The summed E-state index contributed by atoms with van der Waals surface area (Å²) in [5.74, 6) is 1.18. The summed E-state index contributed by atoms with van der Waals surface area (Å²) in [5, 5.41) is 0. The first-order chi connectivity index (χ1) is 5.77. The average molecular weight is 165 g/mol. The Hall–Kier alpha value is -1.32. The van der Waals surface area contributed by atoms with Gasteiger partial charge in [-0.15, -0.1) is 0 Å². The maximum absolute atomic E-state index is 11.3. The fourth-order valence-corrected chi connectivity index (χ4v) is 1.56. The molecule has 12 heavy (non-hydrogen) atoms. The fourth-order valence-electron chi connectivity index (χ4n) is 1.56. The van der Waals surface area contributed by atoms with E-state index in [0.717, 1.165) is 31.6 Å². The molecule has 0 spiro atoms. The summed E-state index contributed by atoms with van der Waals surface area (Å²) in [4.78, 5) is 15.4. The van der Waals surface area contributed by atoms with E-state index in [4.69, 9.17) is 5.73 Å². The molecule has 1 aromatic rings. The number of nitrogens with two attached hydrogens (primary N) is 1. The number of nitrogens with zero attached hydrogens (tertiary/aromatic N) is 2. The quantitative estimate of drug-likeness (QED) is 0.595. The van der Waals surface area contributed by atoms with E-state index in [0.29, 0.717) is 5.82 Å². The van der Waals surface area contributed by atoms with Crippen LogP contribution in [0, 0.1) is 0 Å². The zero-order valence-corrected chi connectivity index (χ0v) is 6.79. The monoisotopic (exact) mass is 165 g/mol. The van der Waals surface area contributed by atoms with Crippen molar-refractivity contribution in [3.8, 4) is 0 Å². The minimum Gasteiger partial charge on any atom is -0.383 e. The second-order valence-electron chi connectivity index (χ2n) is 3.04. The van der Waals surface area contributed by atoms with Crippen LogP contribution < -0.4 is 11.3 Å². The van der Waals surface area contributed by atoms with Crippen molar-refractivity contribution in [1.82, 2.24) is 9.55 Å². The van der Waals surface area contributed by atoms with Gasteiger partial charge >= 0.3 is 0 Å². The van der Waals surface area contributed by atoms with Crippen LogP contribution in [0.15, 0.2) is 10.9 Å². The number of hydrogen-bond acceptors (Lipinski definition) is 3. The third-order valence-electron chi connectivity index (χ3n) is 2.14. The number of hydrogen-bond donors (Lipinski definition) is 1. The molecule has 4 nitrogen and oxygen atoms in total. The van der Waals surface area contributed by atoms with Crippen LogP contribution in [0.25, 0.3) is 0 Å². The van der Waals surface area contributed by atoms with Gasteiger partial charge in [0, 0.05) is 19.0 Å². The summed E-state index contributed by atoms with van der Waals surface area (Å²) in [6, 6.07) is 1.38. The van der Waals surface area contributed by atoms with Crippen LogP contribution in [-0.4, -0.2) is 9.55 Å². The van der Waals surface area contributed by atoms with Crippen molar-refractivity contribution in [3.05, 3.63) is 22.2 Å². The van der Waals surface area contributed by atoms with Crippen molar-refractivity contribution >= 4 is 5.82 Å². The molecule has 64 valence electrons. The molecule has 0 fully saturated rings. The summed E-state index contributed by atoms with van der Waals surface area (Å²) in [5.41, 5.74) is 5.44. The molecule has 2 N–H and O–H groups in total. The molecule has 0 atom stereocenters. The molecule has 0 bridgehead atoms. The predicted octanol–water partition coefficient (Wildman–Crippen LogP) is 0.162. The highest BCUT2D eigenvalue weighted by atomic mass is 16.1. The Morgan fingerprint density at radius 1 is 1.50 bits per heavy atom. The number of fused-ring (bicyclic) bond motifs is 1. The summed E-state index contributed by atoms with van der Waals surface area (Å²) in [7, 11) is 0. The van der Waals surface area contributed by atoms with Crippen LogP contribution in [0.3, 0.4) is 0 Å². The van der Waals surface area contributed by atoms with Crippen LogP contribution in [0.1, 0.15) is 18.7 Å². The molecule has 1 aliphatic heterocycles. The maximum Gasteiger partial charge on any atom is 0.255 e. The van der Waals surface area contributed by atoms with Crippen molar-refractivity contribution in [2.45, 2.75) is 25.8 Å². The normalized spacial score (nSPS) is 15.7. The highest BCUT2D eigenvalue weighted by Crippen LogP contribution is 2.10. The lowest BCUT2D eigenvalue weighted by Crippen LogP contribution is -2.28. The fraction of sp³-hybridized carbons (Fsp3) is 0.500. The highest BCUT2D eigenvalue weighted by Gasteiger charge is 2.11. The van der Waals surface area contributed by atoms with Crippen molar-refractivity contribution < 1.29 is 0 Å². The molecule has 1 aliphatic rings. The van der Waals surface area contributed by atoms with Gasteiger partial charge in [-0.2, -0.15) is 0 Å². The van der Waals surface area contributed by atoms with E-state index in [9.17, 15) is 4.79 Å². The van der Waals surface area contributed by atoms with Gasteiger partial charge in [0.15, 0.2) is 0 Å². The Labute approximate surface area is 70.0 Å². The first-order valence-corrected chi connectivity index (χ1v) is 4.13. The maximum atomic E-state index is 11.3. The van der Waals surface area contributed by atoms with Gasteiger partial charge in [0.05, 0.1) is 0 Å². The SMILES string of the molecule is Nc1cc(=O)n2c(n1)CCCC2. The smallest absolute Gasteiger partial charge is 0.255 e. The topological polar surface area (TPSA) is 60.9 Å². The number of aromatic nitrogens is 2. The van der Waals surface area contributed by atoms with E-state index in [1.165, 1.54) is 6.07 Å². The molecule has 0 unspecified atom stereocenters. The Kier molecular flexibility index (Phi) is 1.60. The van der Waals surface area contributed by atoms with E-state index in [2.05, 4.69) is 4.98 Å². The van der Waals surface area contributed by atoms with Crippen LogP contribution in [0.4, 0.5) is 5.82 Å². The molecule has 0 saturated carbocycles. The average Bonchev–Trinajstić information content (AvgIpc) is 2.04. The Morgan fingerprint density at radius 2 is 2.33 bits per heavy atom. The van der Waals surface area contributed by atoms with Crippen molar-refractivity contribution in [3.63, 3.8) is 0 Å². The van der Waals surface area contributed by atoms with E-state index in [1.54, 1.807) is 4.57 Å². The summed E-state index contributed by atoms with van der Waals surface area (Å²) < 4.78 is 1.71. The first-order valence-electron chi connectivity index (χ1n) is 4.13. The third kappa shape index (κ3) is 1.09. The zero-order chi connectivity index (χ0) is 8.55. The van der Waals surface area contributed by atoms with E-state index in [-0.39, 0.29) is 5.56 Å². The van der Waals surface area contributed by atoms with E-state index >= 15 is 0 Å². The predicted molar refractivity (Wildman–Crippen MR) is 45.8 cm³/mol. The molecule has 0 aliphatic carbocycles. The number of anilines is 1. The molecule has 4 heteroatoms. The molecule has 0 aromatic carbocycles. The lowest BCUT2D eigenvalue weighted by atomic mass is 10.1. The molecule has 2 rings (SSSR count). The summed E-state index contributed by atoms with van der Waals surface area (Å²) in [6.45, 7) is 0.793. The molecule has 2 heterocycles. The minimum absolute atomic E-state index is 0.0165.